The van der Waals surface area contributed by atoms with Crippen molar-refractivity contribution in [3.05, 3.63) is 48.0 Å². The highest BCUT2D eigenvalue weighted by Gasteiger charge is 2.15. The van der Waals surface area contributed by atoms with E-state index in [4.69, 9.17) is 9.84 Å². The van der Waals surface area contributed by atoms with Crippen LogP contribution in [-0.4, -0.2) is 29.3 Å². The van der Waals surface area contributed by atoms with Crippen molar-refractivity contribution in [2.45, 2.75) is 13.2 Å². The Morgan fingerprint density at radius 1 is 1.26 bits per heavy atom. The van der Waals surface area contributed by atoms with Gasteiger partial charge in [-0.3, -0.25) is 0 Å². The minimum absolute atomic E-state index is 0.0369. The molecule has 0 bridgehead atoms. The van der Waals surface area contributed by atoms with Crippen LogP contribution in [0.4, 0.5) is 0 Å². The van der Waals surface area contributed by atoms with Gasteiger partial charge >= 0.3 is 17.9 Å². The molecule has 0 spiro atoms. The van der Waals surface area contributed by atoms with E-state index < -0.39 is 24.2 Å². The van der Waals surface area contributed by atoms with E-state index in [9.17, 15) is 14.4 Å². The summed E-state index contributed by atoms with van der Waals surface area (Å²) in [6.45, 7) is 4.56. The fraction of sp³-hybridized carbons (Fsp3) is 0.154. The van der Waals surface area contributed by atoms with Gasteiger partial charge in [-0.25, -0.2) is 14.4 Å². The van der Waals surface area contributed by atoms with Crippen molar-refractivity contribution >= 4 is 17.9 Å². The molecule has 0 aliphatic heterocycles. The summed E-state index contributed by atoms with van der Waals surface area (Å²) in [5, 5.41) is 8.79. The SMILES string of the molecule is C=CC(=O)OC(C)OC(=O)c1cccc(C(=O)O)c1. The average molecular weight is 264 g/mol. The molecule has 1 rings (SSSR count). The van der Waals surface area contributed by atoms with E-state index in [-0.39, 0.29) is 11.1 Å². The number of carbonyl (C=O) groups is 3. The maximum absolute atomic E-state index is 11.7. The van der Waals surface area contributed by atoms with E-state index in [1.165, 1.54) is 31.2 Å². The summed E-state index contributed by atoms with van der Waals surface area (Å²) in [6, 6.07) is 5.34. The molecule has 0 fully saturated rings. The molecule has 0 aliphatic carbocycles. The number of aromatic carboxylic acids is 1. The molecule has 6 heteroatoms. The summed E-state index contributed by atoms with van der Waals surface area (Å²) in [4.78, 5) is 33.3. The van der Waals surface area contributed by atoms with E-state index in [2.05, 4.69) is 11.3 Å². The second-order valence-electron chi connectivity index (χ2n) is 3.50. The number of ether oxygens (including phenoxy) is 2. The highest BCUT2D eigenvalue weighted by Crippen LogP contribution is 2.09. The molecule has 0 saturated heterocycles. The molecule has 1 atom stereocenters. The molecular formula is C13H12O6. The Balaban J connectivity index is 2.72. The van der Waals surface area contributed by atoms with Crippen LogP contribution in [0.2, 0.25) is 0 Å². The fourth-order valence-electron chi connectivity index (χ4n) is 1.23. The first kappa shape index (κ1) is 14.4. The summed E-state index contributed by atoms with van der Waals surface area (Å²) in [5.74, 6) is -2.66. The third-order valence-electron chi connectivity index (χ3n) is 2.07. The third-order valence-corrected chi connectivity index (χ3v) is 2.07. The maximum atomic E-state index is 11.7. The quantitative estimate of drug-likeness (QED) is 0.493. The standard InChI is InChI=1S/C13H12O6/c1-3-11(14)18-8(2)19-13(17)10-6-4-5-9(7-10)12(15)16/h3-8H,1H2,2H3,(H,15,16). The van der Waals surface area contributed by atoms with Crippen LogP contribution in [0, 0.1) is 0 Å². The Labute approximate surface area is 109 Å². The molecule has 0 amide bonds. The molecule has 100 valence electrons. The van der Waals surface area contributed by atoms with Gasteiger partial charge < -0.3 is 14.6 Å². The number of esters is 2. The van der Waals surface area contributed by atoms with Gasteiger partial charge in [0.2, 0.25) is 6.29 Å². The summed E-state index contributed by atoms with van der Waals surface area (Å²) in [7, 11) is 0. The summed E-state index contributed by atoms with van der Waals surface area (Å²) in [6.07, 6.45) is -0.151. The molecule has 19 heavy (non-hydrogen) atoms. The predicted molar refractivity (Wildman–Crippen MR) is 64.6 cm³/mol. The van der Waals surface area contributed by atoms with Crippen molar-refractivity contribution in [3.8, 4) is 0 Å². The van der Waals surface area contributed by atoms with Gasteiger partial charge in [0.1, 0.15) is 0 Å². The lowest BCUT2D eigenvalue weighted by atomic mass is 10.1. The minimum Gasteiger partial charge on any atom is -0.478 e. The topological polar surface area (TPSA) is 89.9 Å². The van der Waals surface area contributed by atoms with Crippen LogP contribution in [0.25, 0.3) is 0 Å². The summed E-state index contributed by atoms with van der Waals surface area (Å²) < 4.78 is 9.47. The number of carbonyl (C=O) groups excluding carboxylic acids is 2. The van der Waals surface area contributed by atoms with Crippen molar-refractivity contribution in [2.24, 2.45) is 0 Å². The van der Waals surface area contributed by atoms with Gasteiger partial charge in [-0.1, -0.05) is 12.6 Å². The van der Waals surface area contributed by atoms with E-state index in [1.54, 1.807) is 0 Å². The first-order valence-electron chi connectivity index (χ1n) is 5.31. The predicted octanol–water partition coefficient (Wildman–Crippen LogP) is 1.62. The van der Waals surface area contributed by atoms with Crippen LogP contribution in [-0.2, 0) is 14.3 Å². The molecule has 1 aromatic carbocycles. The second-order valence-corrected chi connectivity index (χ2v) is 3.50. The van der Waals surface area contributed by atoms with Gasteiger partial charge in [-0.2, -0.15) is 0 Å². The van der Waals surface area contributed by atoms with Crippen LogP contribution < -0.4 is 0 Å². The number of rotatable bonds is 5. The van der Waals surface area contributed by atoms with Crippen LogP contribution in [0.1, 0.15) is 27.6 Å². The van der Waals surface area contributed by atoms with Gasteiger partial charge in [-0.15, -0.1) is 0 Å². The van der Waals surface area contributed by atoms with Crippen molar-refractivity contribution in [1.29, 1.82) is 0 Å². The van der Waals surface area contributed by atoms with Crippen molar-refractivity contribution < 1.29 is 29.0 Å². The fourth-order valence-corrected chi connectivity index (χ4v) is 1.23. The maximum Gasteiger partial charge on any atom is 0.341 e. The van der Waals surface area contributed by atoms with Gasteiger partial charge in [0.15, 0.2) is 0 Å². The van der Waals surface area contributed by atoms with Crippen molar-refractivity contribution in [1.82, 2.24) is 0 Å². The molecule has 1 aromatic rings. The molecule has 0 radical (unpaired) electrons. The van der Waals surface area contributed by atoms with Crippen molar-refractivity contribution in [2.75, 3.05) is 0 Å². The smallest absolute Gasteiger partial charge is 0.341 e. The first-order chi connectivity index (χ1) is 8.93. The Kier molecular flexibility index (Phi) is 4.82. The molecule has 6 nitrogen and oxygen atoms in total. The van der Waals surface area contributed by atoms with E-state index in [0.717, 1.165) is 6.08 Å². The van der Waals surface area contributed by atoms with Gasteiger partial charge in [0.25, 0.3) is 0 Å². The summed E-state index contributed by atoms with van der Waals surface area (Å²) in [5.41, 5.74) is 0.0200. The lowest BCUT2D eigenvalue weighted by molar-refractivity contribution is -0.159. The number of carboxylic acid groups (broad SMARTS) is 1. The largest absolute Gasteiger partial charge is 0.478 e. The monoisotopic (exact) mass is 264 g/mol. The van der Waals surface area contributed by atoms with E-state index in [1.807, 2.05) is 0 Å². The highest BCUT2D eigenvalue weighted by molar-refractivity contribution is 5.94. The second kappa shape index (κ2) is 6.34. The molecule has 0 heterocycles. The normalized spacial score (nSPS) is 11.2. The lowest BCUT2D eigenvalue weighted by Gasteiger charge is -2.12. The first-order valence-corrected chi connectivity index (χ1v) is 5.31. The third kappa shape index (κ3) is 4.27. The van der Waals surface area contributed by atoms with Crippen LogP contribution in [0.15, 0.2) is 36.9 Å². The zero-order valence-electron chi connectivity index (χ0n) is 10.2. The van der Waals surface area contributed by atoms with Crippen LogP contribution in [0.3, 0.4) is 0 Å². The molecule has 1 N–H and O–H groups in total. The number of carboxylic acids is 1. The number of benzene rings is 1. The Morgan fingerprint density at radius 2 is 1.89 bits per heavy atom. The Morgan fingerprint density at radius 3 is 2.47 bits per heavy atom. The Bertz CT molecular complexity index is 520. The zero-order valence-corrected chi connectivity index (χ0v) is 10.2. The minimum atomic E-state index is -1.15. The summed E-state index contributed by atoms with van der Waals surface area (Å²) >= 11 is 0. The van der Waals surface area contributed by atoms with Crippen LogP contribution in [0.5, 0.6) is 0 Å². The van der Waals surface area contributed by atoms with Gasteiger partial charge in [0.05, 0.1) is 11.1 Å². The molecule has 0 aromatic heterocycles. The average Bonchev–Trinajstić information content (AvgIpc) is 2.38. The van der Waals surface area contributed by atoms with Crippen molar-refractivity contribution in [3.63, 3.8) is 0 Å². The molecule has 0 saturated carbocycles. The highest BCUT2D eigenvalue weighted by atomic mass is 16.7. The van der Waals surface area contributed by atoms with E-state index >= 15 is 0 Å². The Hall–Kier alpha value is -2.63. The molecule has 1 unspecified atom stereocenters. The number of hydrogen-bond donors (Lipinski definition) is 1. The van der Waals surface area contributed by atoms with Crippen LogP contribution >= 0.6 is 0 Å². The van der Waals surface area contributed by atoms with Gasteiger partial charge in [0, 0.05) is 13.0 Å². The lowest BCUT2D eigenvalue weighted by Crippen LogP contribution is -2.21. The molecule has 0 aliphatic rings. The molecular weight excluding hydrogens is 252 g/mol. The van der Waals surface area contributed by atoms with Gasteiger partial charge in [-0.05, 0) is 18.2 Å². The number of hydrogen-bond acceptors (Lipinski definition) is 5. The zero-order chi connectivity index (χ0) is 14.4. The van der Waals surface area contributed by atoms with E-state index in [0.29, 0.717) is 0 Å².